The van der Waals surface area contributed by atoms with E-state index in [2.05, 4.69) is 6.58 Å². The van der Waals surface area contributed by atoms with Crippen LogP contribution in [0.3, 0.4) is 0 Å². The fourth-order valence-corrected chi connectivity index (χ4v) is 1.82. The zero-order chi connectivity index (χ0) is 15.0. The first-order chi connectivity index (χ1) is 9.54. The van der Waals surface area contributed by atoms with Gasteiger partial charge in [0.1, 0.15) is 0 Å². The SMILES string of the molecule is C=CCC(C=CC(Cc1ccccc1)C(=O)O)C(=O)O. The van der Waals surface area contributed by atoms with Crippen molar-refractivity contribution in [2.75, 3.05) is 0 Å². The second kappa shape index (κ2) is 7.94. The lowest BCUT2D eigenvalue weighted by Gasteiger charge is -2.09. The number of hydrogen-bond donors (Lipinski definition) is 2. The van der Waals surface area contributed by atoms with Crippen molar-refractivity contribution in [2.45, 2.75) is 12.8 Å². The molecule has 2 N–H and O–H groups in total. The molecule has 0 aromatic heterocycles. The summed E-state index contributed by atoms with van der Waals surface area (Å²) in [5.74, 6) is -3.41. The lowest BCUT2D eigenvalue weighted by molar-refractivity contribution is -0.141. The Labute approximate surface area is 118 Å². The maximum atomic E-state index is 11.2. The first kappa shape index (κ1) is 15.7. The second-order valence-corrected chi connectivity index (χ2v) is 4.49. The van der Waals surface area contributed by atoms with E-state index in [9.17, 15) is 14.7 Å². The average molecular weight is 274 g/mol. The van der Waals surface area contributed by atoms with Gasteiger partial charge in [0.25, 0.3) is 0 Å². The van der Waals surface area contributed by atoms with Gasteiger partial charge in [-0.15, -0.1) is 6.58 Å². The number of hydrogen-bond acceptors (Lipinski definition) is 2. The van der Waals surface area contributed by atoms with Crippen LogP contribution in [0.2, 0.25) is 0 Å². The van der Waals surface area contributed by atoms with E-state index in [1.807, 2.05) is 30.3 Å². The molecule has 1 aromatic carbocycles. The minimum atomic E-state index is -0.981. The molecule has 106 valence electrons. The zero-order valence-corrected chi connectivity index (χ0v) is 11.1. The molecule has 4 nitrogen and oxygen atoms in total. The van der Waals surface area contributed by atoms with Crippen molar-refractivity contribution in [2.24, 2.45) is 11.8 Å². The highest BCUT2D eigenvalue weighted by molar-refractivity contribution is 5.74. The molecule has 0 heterocycles. The van der Waals surface area contributed by atoms with Crippen molar-refractivity contribution in [3.05, 3.63) is 60.7 Å². The number of rotatable bonds is 8. The van der Waals surface area contributed by atoms with Gasteiger partial charge in [-0.1, -0.05) is 48.6 Å². The first-order valence-corrected chi connectivity index (χ1v) is 6.33. The molecule has 20 heavy (non-hydrogen) atoms. The zero-order valence-electron chi connectivity index (χ0n) is 11.1. The predicted molar refractivity (Wildman–Crippen MR) is 76.4 cm³/mol. The van der Waals surface area contributed by atoms with Gasteiger partial charge in [0, 0.05) is 0 Å². The van der Waals surface area contributed by atoms with Gasteiger partial charge < -0.3 is 10.2 Å². The Hall–Kier alpha value is -2.36. The van der Waals surface area contributed by atoms with Crippen molar-refractivity contribution in [3.63, 3.8) is 0 Å². The van der Waals surface area contributed by atoms with Crippen LogP contribution in [0.4, 0.5) is 0 Å². The van der Waals surface area contributed by atoms with Crippen molar-refractivity contribution < 1.29 is 19.8 Å². The highest BCUT2D eigenvalue weighted by Crippen LogP contribution is 2.14. The van der Waals surface area contributed by atoms with Crippen molar-refractivity contribution >= 4 is 11.9 Å². The number of carboxylic acids is 2. The fraction of sp³-hybridized carbons (Fsp3) is 0.250. The highest BCUT2D eigenvalue weighted by atomic mass is 16.4. The average Bonchev–Trinajstić information content (AvgIpc) is 2.42. The third kappa shape index (κ3) is 5.10. The summed E-state index contributed by atoms with van der Waals surface area (Å²) in [6.07, 6.45) is 5.02. The van der Waals surface area contributed by atoms with E-state index in [0.29, 0.717) is 6.42 Å². The van der Waals surface area contributed by atoms with Gasteiger partial charge in [-0.25, -0.2) is 0 Å². The quantitative estimate of drug-likeness (QED) is 0.715. The van der Waals surface area contributed by atoms with Crippen LogP contribution in [0.1, 0.15) is 12.0 Å². The molecule has 0 fully saturated rings. The van der Waals surface area contributed by atoms with E-state index < -0.39 is 23.8 Å². The maximum absolute atomic E-state index is 11.2. The summed E-state index contributed by atoms with van der Waals surface area (Å²) in [5.41, 5.74) is 0.903. The maximum Gasteiger partial charge on any atom is 0.310 e. The van der Waals surface area contributed by atoms with Crippen LogP contribution in [0, 0.1) is 11.8 Å². The lowest BCUT2D eigenvalue weighted by Crippen LogP contribution is -2.16. The summed E-state index contributed by atoms with van der Waals surface area (Å²) in [6, 6.07) is 9.25. The Morgan fingerprint density at radius 3 is 2.10 bits per heavy atom. The van der Waals surface area contributed by atoms with Gasteiger partial charge in [0.15, 0.2) is 0 Å². The Kier molecular flexibility index (Phi) is 6.23. The highest BCUT2D eigenvalue weighted by Gasteiger charge is 2.17. The molecular weight excluding hydrogens is 256 g/mol. The number of allylic oxidation sites excluding steroid dienone is 1. The largest absolute Gasteiger partial charge is 0.481 e. The van der Waals surface area contributed by atoms with Crippen LogP contribution >= 0.6 is 0 Å². The Morgan fingerprint density at radius 1 is 1.05 bits per heavy atom. The number of carbonyl (C=O) groups is 2. The number of carboxylic acid groups (broad SMARTS) is 2. The molecule has 0 saturated heterocycles. The van der Waals surface area contributed by atoms with Crippen molar-refractivity contribution in [1.82, 2.24) is 0 Å². The molecule has 0 aliphatic rings. The Morgan fingerprint density at radius 2 is 1.60 bits per heavy atom. The molecule has 0 radical (unpaired) electrons. The summed E-state index contributed by atoms with van der Waals surface area (Å²) in [4.78, 5) is 22.2. The first-order valence-electron chi connectivity index (χ1n) is 6.33. The van der Waals surface area contributed by atoms with Crippen LogP contribution < -0.4 is 0 Å². The third-order valence-corrected chi connectivity index (χ3v) is 2.93. The molecule has 1 rings (SSSR count). The van der Waals surface area contributed by atoms with E-state index in [0.717, 1.165) is 5.56 Å². The third-order valence-electron chi connectivity index (χ3n) is 2.93. The minimum Gasteiger partial charge on any atom is -0.481 e. The lowest BCUT2D eigenvalue weighted by atomic mass is 9.96. The molecule has 2 atom stereocenters. The van der Waals surface area contributed by atoms with E-state index >= 15 is 0 Å². The van der Waals surface area contributed by atoms with Crippen LogP contribution in [0.15, 0.2) is 55.1 Å². The van der Waals surface area contributed by atoms with Gasteiger partial charge in [0.2, 0.25) is 0 Å². The van der Waals surface area contributed by atoms with Gasteiger partial charge in [-0.05, 0) is 18.4 Å². The smallest absolute Gasteiger partial charge is 0.310 e. The predicted octanol–water partition coefficient (Wildman–Crippen LogP) is 2.76. The van der Waals surface area contributed by atoms with E-state index in [1.54, 1.807) is 0 Å². The summed E-state index contributed by atoms with van der Waals surface area (Å²) >= 11 is 0. The van der Waals surface area contributed by atoms with Crippen LogP contribution in [0.25, 0.3) is 0 Å². The van der Waals surface area contributed by atoms with Crippen LogP contribution in [-0.2, 0) is 16.0 Å². The van der Waals surface area contributed by atoms with E-state index in [-0.39, 0.29) is 6.42 Å². The summed E-state index contributed by atoms with van der Waals surface area (Å²) < 4.78 is 0. The van der Waals surface area contributed by atoms with Crippen molar-refractivity contribution in [3.8, 4) is 0 Å². The summed E-state index contributed by atoms with van der Waals surface area (Å²) in [5, 5.41) is 18.2. The molecule has 2 unspecified atom stereocenters. The second-order valence-electron chi connectivity index (χ2n) is 4.49. The molecule has 0 saturated carbocycles. The number of aliphatic carboxylic acids is 2. The van der Waals surface area contributed by atoms with E-state index in [4.69, 9.17) is 5.11 Å². The summed E-state index contributed by atoms with van der Waals surface area (Å²) in [6.45, 7) is 3.50. The molecule has 0 aliphatic carbocycles. The Bertz CT molecular complexity index is 490. The molecule has 0 bridgehead atoms. The van der Waals surface area contributed by atoms with E-state index in [1.165, 1.54) is 18.2 Å². The molecule has 1 aromatic rings. The standard InChI is InChI=1S/C16H18O4/c1-2-6-13(15(17)18)9-10-14(16(19)20)11-12-7-4-3-5-8-12/h2-5,7-10,13-14H,1,6,11H2,(H,17,18)(H,19,20). The van der Waals surface area contributed by atoms with Crippen molar-refractivity contribution in [1.29, 1.82) is 0 Å². The molecule has 0 aliphatic heterocycles. The van der Waals surface area contributed by atoms with Crippen LogP contribution in [0.5, 0.6) is 0 Å². The molecular formula is C16H18O4. The number of benzene rings is 1. The monoisotopic (exact) mass is 274 g/mol. The van der Waals surface area contributed by atoms with Gasteiger partial charge in [-0.3, -0.25) is 9.59 Å². The van der Waals surface area contributed by atoms with Crippen LogP contribution in [-0.4, -0.2) is 22.2 Å². The summed E-state index contributed by atoms with van der Waals surface area (Å²) in [7, 11) is 0. The molecule has 0 spiro atoms. The molecule has 0 amide bonds. The molecule has 4 heteroatoms. The topological polar surface area (TPSA) is 74.6 Å². The minimum absolute atomic E-state index is 0.281. The fourth-order valence-electron chi connectivity index (χ4n) is 1.82. The van der Waals surface area contributed by atoms with Gasteiger partial charge >= 0.3 is 11.9 Å². The van der Waals surface area contributed by atoms with Gasteiger partial charge in [0.05, 0.1) is 11.8 Å². The normalized spacial score (nSPS) is 13.8. The van der Waals surface area contributed by atoms with Gasteiger partial charge in [-0.2, -0.15) is 0 Å². The Balaban J connectivity index is 2.79.